The van der Waals surface area contributed by atoms with Crippen LogP contribution in [0.4, 0.5) is 0 Å². The second kappa shape index (κ2) is 14.5. The van der Waals surface area contributed by atoms with Crippen molar-refractivity contribution in [3.05, 3.63) is 0 Å². The van der Waals surface area contributed by atoms with Crippen molar-refractivity contribution < 1.29 is 28.7 Å². The van der Waals surface area contributed by atoms with Crippen LogP contribution in [0.1, 0.15) is 99.3 Å². The minimum Gasteiger partial charge on any atom is -0.370 e. The first-order chi connectivity index (χ1) is 16.3. The van der Waals surface area contributed by atoms with Crippen LogP contribution in [0.5, 0.6) is 0 Å². The SMILES string of the molecule is CCCCCC(=O)C[C@H](C(=O)N[C@@H](CCC(N)=O)C(=O)C[C@@H](CC(C)C)C(=O)[C@@]1(C)CO1)C(C)C. The fourth-order valence-electron chi connectivity index (χ4n) is 4.35. The van der Waals surface area contributed by atoms with Gasteiger partial charge in [0.2, 0.25) is 11.8 Å². The lowest BCUT2D eigenvalue weighted by Gasteiger charge is -2.26. The van der Waals surface area contributed by atoms with E-state index in [1.54, 1.807) is 6.92 Å². The van der Waals surface area contributed by atoms with Crippen LogP contribution < -0.4 is 11.1 Å². The Morgan fingerprint density at radius 1 is 1.00 bits per heavy atom. The van der Waals surface area contributed by atoms with Crippen LogP contribution in [0.3, 0.4) is 0 Å². The number of primary amides is 1. The molecule has 35 heavy (non-hydrogen) atoms. The normalized spacial score (nSPS) is 19.8. The predicted octanol–water partition coefficient (Wildman–Crippen LogP) is 3.53. The Balaban J connectivity index is 2.95. The number of hydrogen-bond acceptors (Lipinski definition) is 6. The highest BCUT2D eigenvalue weighted by molar-refractivity contribution is 5.97. The fraction of sp³-hybridized carbons (Fsp3) is 0.815. The molecule has 0 bridgehead atoms. The molecule has 0 radical (unpaired) electrons. The van der Waals surface area contributed by atoms with Crippen molar-refractivity contribution in [3.8, 4) is 0 Å². The van der Waals surface area contributed by atoms with E-state index in [-0.39, 0.29) is 60.8 Å². The number of carbonyl (C=O) groups excluding carboxylic acids is 5. The van der Waals surface area contributed by atoms with Crippen molar-refractivity contribution in [1.29, 1.82) is 0 Å². The molecule has 4 atom stereocenters. The van der Waals surface area contributed by atoms with Crippen molar-refractivity contribution in [2.24, 2.45) is 29.4 Å². The Labute approximate surface area is 210 Å². The Bertz CT molecular complexity index is 757. The zero-order chi connectivity index (χ0) is 26.8. The summed E-state index contributed by atoms with van der Waals surface area (Å²) in [6, 6.07) is -0.943. The molecule has 0 aliphatic carbocycles. The second-order valence-corrected chi connectivity index (χ2v) is 11.0. The van der Waals surface area contributed by atoms with Crippen LogP contribution in [0.15, 0.2) is 0 Å². The molecule has 3 N–H and O–H groups in total. The fourth-order valence-corrected chi connectivity index (χ4v) is 4.35. The molecule has 1 saturated heterocycles. The number of unbranched alkanes of at least 4 members (excludes halogenated alkanes) is 2. The number of rotatable bonds is 19. The Kier molecular flexibility index (Phi) is 12.8. The van der Waals surface area contributed by atoms with Gasteiger partial charge in [0.05, 0.1) is 12.6 Å². The number of Topliss-reactive ketones (excluding diaryl/α,β-unsaturated/α-hetero) is 3. The van der Waals surface area contributed by atoms with E-state index >= 15 is 0 Å². The lowest BCUT2D eigenvalue weighted by atomic mass is 9.82. The van der Waals surface area contributed by atoms with E-state index in [0.29, 0.717) is 19.4 Å². The summed E-state index contributed by atoms with van der Waals surface area (Å²) in [5.74, 6) is -2.32. The first-order valence-electron chi connectivity index (χ1n) is 13.1. The maximum atomic E-state index is 13.3. The van der Waals surface area contributed by atoms with E-state index < -0.39 is 29.4 Å². The van der Waals surface area contributed by atoms with Crippen molar-refractivity contribution in [3.63, 3.8) is 0 Å². The summed E-state index contributed by atoms with van der Waals surface area (Å²) < 4.78 is 5.31. The third-order valence-corrected chi connectivity index (χ3v) is 6.71. The van der Waals surface area contributed by atoms with Gasteiger partial charge in [-0.25, -0.2) is 0 Å². The van der Waals surface area contributed by atoms with Gasteiger partial charge in [0, 0.05) is 37.5 Å². The van der Waals surface area contributed by atoms with E-state index in [0.717, 1.165) is 19.3 Å². The second-order valence-electron chi connectivity index (χ2n) is 11.0. The largest absolute Gasteiger partial charge is 0.370 e. The Morgan fingerprint density at radius 3 is 2.11 bits per heavy atom. The highest BCUT2D eigenvalue weighted by Gasteiger charge is 2.50. The average molecular weight is 495 g/mol. The van der Waals surface area contributed by atoms with Gasteiger partial charge in [-0.3, -0.25) is 24.0 Å². The zero-order valence-corrected chi connectivity index (χ0v) is 22.5. The van der Waals surface area contributed by atoms with Gasteiger partial charge in [-0.05, 0) is 38.0 Å². The van der Waals surface area contributed by atoms with E-state index in [2.05, 4.69) is 12.2 Å². The first kappa shape index (κ1) is 30.9. The lowest BCUT2D eigenvalue weighted by Crippen LogP contribution is -2.46. The zero-order valence-electron chi connectivity index (χ0n) is 22.5. The molecule has 1 fully saturated rings. The summed E-state index contributed by atoms with van der Waals surface area (Å²) in [7, 11) is 0. The van der Waals surface area contributed by atoms with Crippen LogP contribution in [0.25, 0.3) is 0 Å². The van der Waals surface area contributed by atoms with E-state index in [1.807, 2.05) is 27.7 Å². The molecule has 0 unspecified atom stereocenters. The van der Waals surface area contributed by atoms with Gasteiger partial charge in [0.25, 0.3) is 0 Å². The van der Waals surface area contributed by atoms with Gasteiger partial charge in [-0.15, -0.1) is 0 Å². The summed E-state index contributed by atoms with van der Waals surface area (Å²) in [6.07, 6.45) is 3.82. The molecule has 1 rings (SSSR count). The third kappa shape index (κ3) is 11.0. The summed E-state index contributed by atoms with van der Waals surface area (Å²) in [4.78, 5) is 63.3. The van der Waals surface area contributed by atoms with E-state index in [4.69, 9.17) is 10.5 Å². The first-order valence-corrected chi connectivity index (χ1v) is 13.1. The van der Waals surface area contributed by atoms with Crippen LogP contribution in [0.2, 0.25) is 0 Å². The molecule has 2 amide bonds. The number of carbonyl (C=O) groups is 5. The standard InChI is InChI=1S/C27H46N2O6/c1-7-8-9-10-20(30)15-21(18(4)5)26(34)29-22(11-12-24(28)32)23(31)14-19(13-17(2)3)25(33)27(6)16-35-27/h17-19,21-22H,7-16H2,1-6H3,(H2,28,32)(H,29,34)/t19-,21+,22+,27-/m1/s1. The minimum atomic E-state index is -0.943. The smallest absolute Gasteiger partial charge is 0.224 e. The van der Waals surface area contributed by atoms with Crippen LogP contribution in [0, 0.1) is 23.7 Å². The summed E-state index contributed by atoms with van der Waals surface area (Å²) in [5, 5.41) is 2.79. The molecule has 0 aromatic carbocycles. The van der Waals surface area contributed by atoms with Gasteiger partial charge < -0.3 is 15.8 Å². The molecular formula is C27H46N2O6. The summed E-state index contributed by atoms with van der Waals surface area (Å²) in [6.45, 7) is 11.9. The van der Waals surface area contributed by atoms with E-state index in [1.165, 1.54) is 0 Å². The Morgan fingerprint density at radius 2 is 1.63 bits per heavy atom. The molecule has 1 aliphatic rings. The molecule has 0 saturated carbocycles. The van der Waals surface area contributed by atoms with E-state index in [9.17, 15) is 24.0 Å². The van der Waals surface area contributed by atoms with Crippen LogP contribution in [-0.2, 0) is 28.7 Å². The molecule has 0 aromatic heterocycles. The highest BCUT2D eigenvalue weighted by atomic mass is 16.6. The highest BCUT2D eigenvalue weighted by Crippen LogP contribution is 2.34. The average Bonchev–Trinajstić information content (AvgIpc) is 3.51. The molecule has 1 aliphatic heterocycles. The summed E-state index contributed by atoms with van der Waals surface area (Å²) >= 11 is 0. The quantitative estimate of drug-likeness (QED) is 0.208. The number of nitrogens with one attached hydrogen (secondary N) is 1. The van der Waals surface area contributed by atoms with Crippen molar-refractivity contribution in [2.75, 3.05) is 6.61 Å². The molecule has 0 spiro atoms. The molecule has 8 nitrogen and oxygen atoms in total. The summed E-state index contributed by atoms with van der Waals surface area (Å²) in [5.41, 5.74) is 4.47. The number of amides is 2. The number of hydrogen-bond donors (Lipinski definition) is 2. The van der Waals surface area contributed by atoms with Crippen LogP contribution >= 0.6 is 0 Å². The molecule has 0 aromatic rings. The predicted molar refractivity (Wildman–Crippen MR) is 134 cm³/mol. The van der Waals surface area contributed by atoms with Crippen LogP contribution in [-0.4, -0.2) is 47.4 Å². The van der Waals surface area contributed by atoms with Gasteiger partial charge in [-0.2, -0.15) is 0 Å². The maximum absolute atomic E-state index is 13.3. The molecule has 8 heteroatoms. The van der Waals surface area contributed by atoms with Crippen molar-refractivity contribution in [2.45, 2.75) is 111 Å². The molecule has 200 valence electrons. The Hall–Kier alpha value is -2.09. The maximum Gasteiger partial charge on any atom is 0.224 e. The van der Waals surface area contributed by atoms with Crippen molar-refractivity contribution in [1.82, 2.24) is 5.32 Å². The van der Waals surface area contributed by atoms with Crippen molar-refractivity contribution >= 4 is 29.2 Å². The van der Waals surface area contributed by atoms with Gasteiger partial charge >= 0.3 is 0 Å². The molecular weight excluding hydrogens is 448 g/mol. The number of ketones is 3. The lowest BCUT2D eigenvalue weighted by molar-refractivity contribution is -0.135. The number of nitrogens with two attached hydrogens (primary N) is 1. The number of ether oxygens (including phenoxy) is 1. The molecule has 1 heterocycles. The third-order valence-electron chi connectivity index (χ3n) is 6.71. The van der Waals surface area contributed by atoms with Gasteiger partial charge in [-0.1, -0.05) is 47.5 Å². The van der Waals surface area contributed by atoms with Gasteiger partial charge in [0.1, 0.15) is 11.4 Å². The topological polar surface area (TPSA) is 136 Å². The monoisotopic (exact) mass is 494 g/mol. The minimum absolute atomic E-state index is 0.0348. The number of epoxide rings is 1. The van der Waals surface area contributed by atoms with Gasteiger partial charge in [0.15, 0.2) is 11.6 Å².